The Kier molecular flexibility index (Phi) is 7.09. The number of nitrogens with one attached hydrogen (secondary N) is 1. The van der Waals surface area contributed by atoms with Gasteiger partial charge in [0.1, 0.15) is 11.2 Å². The van der Waals surface area contributed by atoms with Crippen molar-refractivity contribution in [1.82, 2.24) is 0 Å². The third-order valence-electron chi connectivity index (χ3n) is 12.8. The number of benzene rings is 9. The van der Waals surface area contributed by atoms with Gasteiger partial charge in [0, 0.05) is 22.1 Å². The molecule has 0 saturated heterocycles. The summed E-state index contributed by atoms with van der Waals surface area (Å²) in [5.74, 6) is 0. The maximum absolute atomic E-state index is 6.54. The Morgan fingerprint density at radius 2 is 0.793 bits per heavy atom. The number of anilines is 2. The number of para-hydroxylation sites is 1. The van der Waals surface area contributed by atoms with Crippen LogP contribution < -0.4 is 5.32 Å². The second kappa shape index (κ2) is 12.5. The zero-order valence-corrected chi connectivity index (χ0v) is 31.7. The highest BCUT2D eigenvalue weighted by atomic mass is 16.3. The van der Waals surface area contributed by atoms with Crippen molar-refractivity contribution in [2.45, 2.75) is 10.8 Å². The lowest BCUT2D eigenvalue weighted by molar-refractivity contribution is 0.668. The summed E-state index contributed by atoms with van der Waals surface area (Å²) in [6.07, 6.45) is 0. The Morgan fingerprint density at radius 1 is 0.293 bits per heavy atom. The van der Waals surface area contributed by atoms with Crippen LogP contribution in [0.2, 0.25) is 0 Å². The molecule has 2 aliphatic carbocycles. The van der Waals surface area contributed by atoms with Gasteiger partial charge in [0.2, 0.25) is 0 Å². The van der Waals surface area contributed by atoms with Crippen molar-refractivity contribution in [2.24, 2.45) is 0 Å². The van der Waals surface area contributed by atoms with E-state index in [4.69, 9.17) is 4.42 Å². The largest absolute Gasteiger partial charge is 0.456 e. The summed E-state index contributed by atoms with van der Waals surface area (Å²) in [5.41, 5.74) is 18.0. The summed E-state index contributed by atoms with van der Waals surface area (Å²) in [7, 11) is 0. The molecule has 1 aromatic heterocycles. The molecule has 2 heteroatoms. The molecular formula is C56H37NO. The van der Waals surface area contributed by atoms with Gasteiger partial charge in [-0.15, -0.1) is 0 Å². The van der Waals surface area contributed by atoms with Gasteiger partial charge in [-0.3, -0.25) is 0 Å². The SMILES string of the molecule is c1ccc(C2(c3cccc(Nc4ccc5c(c4)-c4cc6oc7ccccc7c6cc4C5(c4ccccc4)c4ccccc4)c3)c3ccccc3-c3ccccc32)cc1. The van der Waals surface area contributed by atoms with Gasteiger partial charge in [0.05, 0.1) is 10.8 Å². The normalized spacial score (nSPS) is 14.1. The average Bonchev–Trinajstić information content (AvgIpc) is 3.91. The monoisotopic (exact) mass is 739 g/mol. The minimum Gasteiger partial charge on any atom is -0.456 e. The van der Waals surface area contributed by atoms with Crippen LogP contribution in [-0.4, -0.2) is 0 Å². The average molecular weight is 740 g/mol. The van der Waals surface area contributed by atoms with Crippen LogP contribution >= 0.6 is 0 Å². The first-order valence-corrected chi connectivity index (χ1v) is 20.1. The molecular weight excluding hydrogens is 703 g/mol. The first-order valence-electron chi connectivity index (χ1n) is 20.1. The van der Waals surface area contributed by atoms with Gasteiger partial charge in [0.15, 0.2) is 0 Å². The molecule has 0 radical (unpaired) electrons. The van der Waals surface area contributed by atoms with Gasteiger partial charge in [-0.1, -0.05) is 176 Å². The Morgan fingerprint density at radius 3 is 1.45 bits per heavy atom. The van der Waals surface area contributed by atoms with E-state index in [1.165, 1.54) is 66.8 Å². The quantitative estimate of drug-likeness (QED) is 0.184. The van der Waals surface area contributed by atoms with E-state index < -0.39 is 10.8 Å². The number of hydrogen-bond donors (Lipinski definition) is 1. The van der Waals surface area contributed by atoms with Crippen LogP contribution in [0.3, 0.4) is 0 Å². The highest BCUT2D eigenvalue weighted by Gasteiger charge is 2.48. The van der Waals surface area contributed by atoms with Crippen molar-refractivity contribution in [1.29, 1.82) is 0 Å². The minimum atomic E-state index is -0.524. The van der Waals surface area contributed by atoms with Crippen LogP contribution in [0.25, 0.3) is 44.2 Å². The number of fused-ring (bicyclic) bond motifs is 9. The van der Waals surface area contributed by atoms with Gasteiger partial charge in [0.25, 0.3) is 0 Å². The molecule has 0 amide bonds. The van der Waals surface area contributed by atoms with Crippen LogP contribution in [-0.2, 0) is 10.8 Å². The molecule has 58 heavy (non-hydrogen) atoms. The second-order valence-corrected chi connectivity index (χ2v) is 15.6. The Hall–Kier alpha value is -7.42. The third kappa shape index (κ3) is 4.49. The number of rotatable bonds is 6. The van der Waals surface area contributed by atoms with Gasteiger partial charge in [-0.05, 0) is 109 Å². The maximum Gasteiger partial charge on any atom is 0.136 e. The van der Waals surface area contributed by atoms with E-state index >= 15 is 0 Å². The fraction of sp³-hybridized carbons (Fsp3) is 0.0357. The molecule has 0 aliphatic heterocycles. The topological polar surface area (TPSA) is 25.2 Å². The van der Waals surface area contributed by atoms with E-state index in [9.17, 15) is 0 Å². The molecule has 0 fully saturated rings. The van der Waals surface area contributed by atoms with E-state index in [-0.39, 0.29) is 0 Å². The highest BCUT2D eigenvalue weighted by Crippen LogP contribution is 2.59. The van der Waals surface area contributed by atoms with E-state index in [0.717, 1.165) is 33.3 Å². The Labute approximate surface area is 337 Å². The van der Waals surface area contributed by atoms with E-state index in [2.05, 4.69) is 218 Å². The molecule has 10 aromatic rings. The predicted molar refractivity (Wildman–Crippen MR) is 238 cm³/mol. The summed E-state index contributed by atoms with van der Waals surface area (Å²) in [6, 6.07) is 79.8. The molecule has 1 heterocycles. The molecule has 9 aromatic carbocycles. The summed E-state index contributed by atoms with van der Waals surface area (Å²) in [4.78, 5) is 0. The lowest BCUT2D eigenvalue weighted by Crippen LogP contribution is -2.28. The first kappa shape index (κ1) is 32.8. The van der Waals surface area contributed by atoms with Gasteiger partial charge >= 0.3 is 0 Å². The molecule has 0 bridgehead atoms. The van der Waals surface area contributed by atoms with E-state index in [1.807, 2.05) is 6.07 Å². The first-order chi connectivity index (χ1) is 28.7. The van der Waals surface area contributed by atoms with Crippen molar-refractivity contribution >= 4 is 33.3 Å². The minimum absolute atomic E-state index is 0.466. The van der Waals surface area contributed by atoms with Crippen LogP contribution in [0.15, 0.2) is 223 Å². The van der Waals surface area contributed by atoms with Gasteiger partial charge < -0.3 is 9.73 Å². The van der Waals surface area contributed by atoms with Crippen molar-refractivity contribution in [3.05, 3.63) is 263 Å². The second-order valence-electron chi connectivity index (χ2n) is 15.6. The van der Waals surface area contributed by atoms with Gasteiger partial charge in [-0.25, -0.2) is 0 Å². The Bertz CT molecular complexity index is 3110. The standard InChI is InChI=1S/C56H37NO/c1-4-17-37(18-5-1)55(38-19-6-2-7-20-38)51-32-31-42(34-46(51)47-36-54-48(35-52(47)55)45-27-12-15-30-53(45)58-54)57-41-24-16-23-40(33-41)56(39-21-8-3-9-22-39)49-28-13-10-25-43(49)44-26-11-14-29-50(44)56/h1-36,57H. The molecule has 0 spiro atoms. The van der Waals surface area contributed by atoms with Crippen molar-refractivity contribution < 1.29 is 4.42 Å². The molecule has 0 unspecified atom stereocenters. The molecule has 0 saturated carbocycles. The highest BCUT2D eigenvalue weighted by molar-refractivity contribution is 6.08. The summed E-state index contributed by atoms with van der Waals surface area (Å²) >= 11 is 0. The summed E-state index contributed by atoms with van der Waals surface area (Å²) in [6.45, 7) is 0. The van der Waals surface area contributed by atoms with E-state index in [0.29, 0.717) is 0 Å². The zero-order valence-electron chi connectivity index (χ0n) is 31.7. The van der Waals surface area contributed by atoms with Crippen molar-refractivity contribution in [2.75, 3.05) is 5.32 Å². The van der Waals surface area contributed by atoms with E-state index in [1.54, 1.807) is 0 Å². The number of hydrogen-bond acceptors (Lipinski definition) is 2. The lowest BCUT2D eigenvalue weighted by Gasteiger charge is -2.34. The summed E-state index contributed by atoms with van der Waals surface area (Å²) in [5, 5.41) is 6.16. The van der Waals surface area contributed by atoms with Crippen LogP contribution in [0.4, 0.5) is 11.4 Å². The molecule has 12 rings (SSSR count). The molecule has 2 aliphatic rings. The van der Waals surface area contributed by atoms with Crippen LogP contribution in [0.5, 0.6) is 0 Å². The molecule has 2 nitrogen and oxygen atoms in total. The van der Waals surface area contributed by atoms with Gasteiger partial charge in [-0.2, -0.15) is 0 Å². The fourth-order valence-electron chi connectivity index (χ4n) is 10.5. The maximum atomic E-state index is 6.54. The fourth-order valence-corrected chi connectivity index (χ4v) is 10.5. The molecule has 1 N–H and O–H groups in total. The van der Waals surface area contributed by atoms with Crippen LogP contribution in [0, 0.1) is 0 Å². The molecule has 0 atom stereocenters. The van der Waals surface area contributed by atoms with Crippen molar-refractivity contribution in [3.63, 3.8) is 0 Å². The molecule has 272 valence electrons. The van der Waals surface area contributed by atoms with Crippen LogP contribution in [0.1, 0.15) is 44.5 Å². The zero-order chi connectivity index (χ0) is 38.3. The van der Waals surface area contributed by atoms with Crippen molar-refractivity contribution in [3.8, 4) is 22.3 Å². The predicted octanol–water partition coefficient (Wildman–Crippen LogP) is 14.1. The summed E-state index contributed by atoms with van der Waals surface area (Å²) < 4.78 is 6.54. The Balaban J connectivity index is 1.05. The lowest BCUT2D eigenvalue weighted by atomic mass is 9.67. The third-order valence-corrected chi connectivity index (χ3v) is 12.8. The number of furan rings is 1. The smallest absolute Gasteiger partial charge is 0.136 e.